The largest absolute Gasteiger partial charge is 0.391 e. The van der Waals surface area contributed by atoms with Crippen LogP contribution in [0.5, 0.6) is 0 Å². The first-order valence-electron chi connectivity index (χ1n) is 8.09. The van der Waals surface area contributed by atoms with Crippen LogP contribution in [0, 0.1) is 0 Å². The van der Waals surface area contributed by atoms with E-state index >= 15 is 0 Å². The second kappa shape index (κ2) is 5.89. The zero-order chi connectivity index (χ0) is 16.7. The minimum absolute atomic E-state index is 0.317. The predicted octanol–water partition coefficient (Wildman–Crippen LogP) is 2.51. The van der Waals surface area contributed by atoms with E-state index in [1.807, 2.05) is 36.4 Å². The molecule has 2 heterocycles. The molecule has 6 nitrogen and oxygen atoms in total. The first-order chi connectivity index (χ1) is 11.6. The summed E-state index contributed by atoms with van der Waals surface area (Å²) in [6, 6.07) is 11.8. The lowest BCUT2D eigenvalue weighted by Gasteiger charge is -2.19. The van der Waals surface area contributed by atoms with E-state index in [1.165, 1.54) is 0 Å². The van der Waals surface area contributed by atoms with Crippen molar-refractivity contribution in [2.45, 2.75) is 25.6 Å². The molecule has 0 bridgehead atoms. The number of anilines is 1. The topological polar surface area (TPSA) is 82.6 Å². The number of hydrogen-bond acceptors (Lipinski definition) is 6. The average molecular weight is 325 g/mol. The van der Waals surface area contributed by atoms with Gasteiger partial charge in [0.2, 0.25) is 0 Å². The normalized spacial score (nSPS) is 19.1. The molecular formula is C18H19N3O3. The molecule has 0 aliphatic carbocycles. The second-order valence-corrected chi connectivity index (χ2v) is 6.32. The molecule has 4 rings (SSSR count). The van der Waals surface area contributed by atoms with Gasteiger partial charge in [0.15, 0.2) is 5.52 Å². The van der Waals surface area contributed by atoms with Crippen LogP contribution in [0.2, 0.25) is 0 Å². The van der Waals surface area contributed by atoms with E-state index in [1.54, 1.807) is 6.92 Å². The van der Waals surface area contributed by atoms with Crippen molar-refractivity contribution in [1.82, 2.24) is 10.3 Å². The van der Waals surface area contributed by atoms with Gasteiger partial charge in [0, 0.05) is 13.1 Å². The lowest BCUT2D eigenvalue weighted by atomic mass is 10.00. The standard InChI is InChI=1S/C18H19N3O3/c1-11(22)12-3-2-4-13(7-12)14-8-16-18(20-24-19-16)17(9-14)21-6-5-15(23)10-21/h2-4,7-9,11,15,22-23H,5-6,10H2,1H3. The van der Waals surface area contributed by atoms with Crippen LogP contribution in [0.15, 0.2) is 41.0 Å². The lowest BCUT2D eigenvalue weighted by Crippen LogP contribution is -2.21. The van der Waals surface area contributed by atoms with Crippen LogP contribution < -0.4 is 4.90 Å². The Morgan fingerprint density at radius 1 is 1.21 bits per heavy atom. The van der Waals surface area contributed by atoms with E-state index in [9.17, 15) is 10.2 Å². The maximum Gasteiger partial charge on any atom is 0.158 e. The van der Waals surface area contributed by atoms with Crippen LogP contribution in [0.4, 0.5) is 5.69 Å². The predicted molar refractivity (Wildman–Crippen MR) is 90.7 cm³/mol. The number of hydrogen-bond donors (Lipinski definition) is 2. The molecule has 0 spiro atoms. The summed E-state index contributed by atoms with van der Waals surface area (Å²) in [4.78, 5) is 2.11. The summed E-state index contributed by atoms with van der Waals surface area (Å²) < 4.78 is 4.92. The van der Waals surface area contributed by atoms with Crippen molar-refractivity contribution in [2.24, 2.45) is 0 Å². The summed E-state index contributed by atoms with van der Waals surface area (Å²) in [7, 11) is 0. The van der Waals surface area contributed by atoms with Crippen LogP contribution in [-0.2, 0) is 0 Å². The highest BCUT2D eigenvalue weighted by molar-refractivity contribution is 5.92. The molecule has 2 atom stereocenters. The average Bonchev–Trinajstić information content (AvgIpc) is 3.22. The van der Waals surface area contributed by atoms with Crippen molar-refractivity contribution in [2.75, 3.05) is 18.0 Å². The molecule has 6 heteroatoms. The smallest absolute Gasteiger partial charge is 0.158 e. The number of aromatic nitrogens is 2. The van der Waals surface area contributed by atoms with Gasteiger partial charge in [0.05, 0.1) is 17.9 Å². The third kappa shape index (κ3) is 2.64. The van der Waals surface area contributed by atoms with Crippen LogP contribution in [0.25, 0.3) is 22.2 Å². The first kappa shape index (κ1) is 15.1. The van der Waals surface area contributed by atoms with Crippen molar-refractivity contribution in [3.05, 3.63) is 42.0 Å². The molecule has 0 amide bonds. The highest BCUT2D eigenvalue weighted by Crippen LogP contribution is 2.34. The summed E-state index contributed by atoms with van der Waals surface area (Å²) in [5.74, 6) is 0. The van der Waals surface area contributed by atoms with Gasteiger partial charge >= 0.3 is 0 Å². The Hall–Kier alpha value is -2.44. The van der Waals surface area contributed by atoms with Gasteiger partial charge in [-0.15, -0.1) is 0 Å². The number of aliphatic hydroxyl groups is 2. The summed E-state index contributed by atoms with van der Waals surface area (Å²) in [6.07, 6.45) is -0.0909. The van der Waals surface area contributed by atoms with Gasteiger partial charge in [0.25, 0.3) is 0 Å². The van der Waals surface area contributed by atoms with Gasteiger partial charge in [-0.2, -0.15) is 0 Å². The van der Waals surface area contributed by atoms with Gasteiger partial charge in [-0.3, -0.25) is 0 Å². The van der Waals surface area contributed by atoms with Crippen molar-refractivity contribution in [3.63, 3.8) is 0 Å². The van der Waals surface area contributed by atoms with E-state index in [0.29, 0.717) is 17.6 Å². The van der Waals surface area contributed by atoms with Crippen molar-refractivity contribution in [3.8, 4) is 11.1 Å². The molecular weight excluding hydrogens is 306 g/mol. The molecule has 2 N–H and O–H groups in total. The summed E-state index contributed by atoms with van der Waals surface area (Å²) >= 11 is 0. The van der Waals surface area contributed by atoms with E-state index in [4.69, 9.17) is 4.63 Å². The molecule has 1 saturated heterocycles. The summed E-state index contributed by atoms with van der Waals surface area (Å²) in [5.41, 5.74) is 5.16. The minimum Gasteiger partial charge on any atom is -0.391 e. The van der Waals surface area contributed by atoms with Crippen molar-refractivity contribution >= 4 is 16.7 Å². The molecule has 1 aromatic heterocycles. The number of nitrogens with zero attached hydrogens (tertiary/aromatic N) is 3. The number of fused-ring (bicyclic) bond motifs is 1. The number of aliphatic hydroxyl groups excluding tert-OH is 2. The number of benzene rings is 2. The monoisotopic (exact) mass is 325 g/mol. The van der Waals surface area contributed by atoms with Crippen LogP contribution in [0.1, 0.15) is 25.0 Å². The minimum atomic E-state index is -0.518. The SMILES string of the molecule is CC(O)c1cccc(-c2cc(N3CCC(O)C3)c3nonc3c2)c1. The van der Waals surface area contributed by atoms with Crippen molar-refractivity contribution in [1.29, 1.82) is 0 Å². The van der Waals surface area contributed by atoms with Crippen LogP contribution in [0.3, 0.4) is 0 Å². The Morgan fingerprint density at radius 3 is 2.83 bits per heavy atom. The molecule has 124 valence electrons. The summed E-state index contributed by atoms with van der Waals surface area (Å²) in [5, 5.41) is 27.7. The maximum atomic E-state index is 9.84. The fourth-order valence-corrected chi connectivity index (χ4v) is 3.22. The Balaban J connectivity index is 1.83. The molecule has 2 aromatic carbocycles. The van der Waals surface area contributed by atoms with E-state index in [-0.39, 0.29) is 6.10 Å². The molecule has 1 aliphatic rings. The highest BCUT2D eigenvalue weighted by Gasteiger charge is 2.24. The van der Waals surface area contributed by atoms with Crippen LogP contribution in [-0.4, -0.2) is 39.7 Å². The maximum absolute atomic E-state index is 9.84. The highest BCUT2D eigenvalue weighted by atomic mass is 16.6. The fraction of sp³-hybridized carbons (Fsp3) is 0.333. The Labute approximate surface area is 139 Å². The van der Waals surface area contributed by atoms with E-state index in [0.717, 1.165) is 35.3 Å². The molecule has 1 fully saturated rings. The third-order valence-corrected chi connectivity index (χ3v) is 4.55. The zero-order valence-corrected chi connectivity index (χ0v) is 13.4. The Kier molecular flexibility index (Phi) is 3.70. The Bertz CT molecular complexity index is 875. The fourth-order valence-electron chi connectivity index (χ4n) is 3.22. The van der Waals surface area contributed by atoms with Gasteiger partial charge < -0.3 is 15.1 Å². The first-order valence-corrected chi connectivity index (χ1v) is 8.09. The van der Waals surface area contributed by atoms with E-state index in [2.05, 4.69) is 15.2 Å². The van der Waals surface area contributed by atoms with E-state index < -0.39 is 6.10 Å². The van der Waals surface area contributed by atoms with Gasteiger partial charge in [-0.1, -0.05) is 18.2 Å². The molecule has 3 aromatic rings. The van der Waals surface area contributed by atoms with Gasteiger partial charge in [0.1, 0.15) is 5.52 Å². The molecule has 24 heavy (non-hydrogen) atoms. The van der Waals surface area contributed by atoms with Gasteiger partial charge in [-0.05, 0) is 58.5 Å². The van der Waals surface area contributed by atoms with Crippen molar-refractivity contribution < 1.29 is 14.8 Å². The Morgan fingerprint density at radius 2 is 2.08 bits per heavy atom. The zero-order valence-electron chi connectivity index (χ0n) is 13.4. The summed E-state index contributed by atoms with van der Waals surface area (Å²) in [6.45, 7) is 3.11. The lowest BCUT2D eigenvalue weighted by molar-refractivity contribution is 0.198. The molecule has 0 saturated carbocycles. The van der Waals surface area contributed by atoms with Crippen LogP contribution >= 0.6 is 0 Å². The quantitative estimate of drug-likeness (QED) is 0.770. The third-order valence-electron chi connectivity index (χ3n) is 4.55. The van der Waals surface area contributed by atoms with Gasteiger partial charge in [-0.25, -0.2) is 4.63 Å². The second-order valence-electron chi connectivity index (χ2n) is 6.32. The number of β-amino-alcohol motifs (C(OH)–C–C–N with tert-alkyl or cyclic N) is 1. The molecule has 1 aliphatic heterocycles. The number of rotatable bonds is 3. The molecule has 2 unspecified atom stereocenters. The molecule has 0 radical (unpaired) electrons.